The van der Waals surface area contributed by atoms with Crippen molar-refractivity contribution in [1.82, 2.24) is 29.4 Å². The summed E-state index contributed by atoms with van der Waals surface area (Å²) >= 11 is 3.29. The Kier molecular flexibility index (Phi) is 5.12. The molecular weight excluding hydrogens is 466 g/mol. The van der Waals surface area contributed by atoms with Crippen LogP contribution in [0.15, 0.2) is 52.1 Å². The molecule has 5 heterocycles. The molecule has 1 aliphatic heterocycles. The second kappa shape index (κ2) is 8.08. The number of fused-ring (bicyclic) bond motifs is 1. The lowest BCUT2D eigenvalue weighted by Crippen LogP contribution is -2.37. The second-order valence-electron chi connectivity index (χ2n) is 6.85. The van der Waals surface area contributed by atoms with Crippen molar-refractivity contribution >= 4 is 27.4 Å². The molecule has 0 saturated carbocycles. The van der Waals surface area contributed by atoms with Crippen LogP contribution in [0.25, 0.3) is 22.7 Å². The summed E-state index contributed by atoms with van der Waals surface area (Å²) in [4.78, 5) is 23.8. The molecule has 4 aromatic heterocycles. The Morgan fingerprint density at radius 1 is 1.16 bits per heavy atom. The predicted octanol–water partition coefficient (Wildman–Crippen LogP) is 1.94. The highest BCUT2D eigenvalue weighted by Gasteiger charge is 2.20. The first-order valence-electron chi connectivity index (χ1n) is 9.62. The fraction of sp³-hybridized carbons (Fsp3) is 0.250. The van der Waals surface area contributed by atoms with Crippen molar-refractivity contribution in [3.8, 4) is 22.8 Å². The molecule has 31 heavy (non-hydrogen) atoms. The Bertz CT molecular complexity index is 1300. The van der Waals surface area contributed by atoms with E-state index in [1.165, 1.54) is 18.0 Å². The minimum Gasteiger partial charge on any atom is -0.494 e. The van der Waals surface area contributed by atoms with Crippen LogP contribution >= 0.6 is 15.9 Å². The fourth-order valence-electron chi connectivity index (χ4n) is 3.46. The van der Waals surface area contributed by atoms with E-state index in [1.807, 2.05) is 24.3 Å². The van der Waals surface area contributed by atoms with Crippen LogP contribution in [0.2, 0.25) is 0 Å². The summed E-state index contributed by atoms with van der Waals surface area (Å²) in [5, 5.41) is 9.01. The average molecular weight is 484 g/mol. The Morgan fingerprint density at radius 2 is 1.94 bits per heavy atom. The van der Waals surface area contributed by atoms with Crippen molar-refractivity contribution in [2.24, 2.45) is 0 Å². The smallest absolute Gasteiger partial charge is 0.291 e. The summed E-state index contributed by atoms with van der Waals surface area (Å²) in [6.45, 7) is 2.64. The molecule has 0 amide bonds. The minimum atomic E-state index is -0.363. The molecule has 0 atom stereocenters. The van der Waals surface area contributed by atoms with Gasteiger partial charge in [-0.3, -0.25) is 9.78 Å². The number of halogens is 1. The standard InChI is InChI=1S/C20H18BrN7O3/c1-30-15-12-23-28(20(29)19(15)21)17-11-18(26-6-8-31-9-7-26)27-16(24-17)10-14(25-27)13-2-4-22-5-3-13/h2-5,10-12H,6-9H2,1H3. The Hall–Kier alpha value is -3.31. The van der Waals surface area contributed by atoms with Gasteiger partial charge in [0.1, 0.15) is 10.3 Å². The molecule has 1 saturated heterocycles. The van der Waals surface area contributed by atoms with Gasteiger partial charge in [0, 0.05) is 43.2 Å². The molecule has 0 unspecified atom stereocenters. The number of rotatable bonds is 4. The quantitative estimate of drug-likeness (QED) is 0.434. The van der Waals surface area contributed by atoms with Crippen LogP contribution < -0.4 is 15.2 Å². The minimum absolute atomic E-state index is 0.283. The third-order valence-electron chi connectivity index (χ3n) is 5.03. The predicted molar refractivity (Wildman–Crippen MR) is 117 cm³/mol. The van der Waals surface area contributed by atoms with E-state index < -0.39 is 0 Å². The van der Waals surface area contributed by atoms with Crippen LogP contribution in [0, 0.1) is 0 Å². The summed E-state index contributed by atoms with van der Waals surface area (Å²) in [5.41, 5.74) is 1.93. The third-order valence-corrected chi connectivity index (χ3v) is 5.76. The van der Waals surface area contributed by atoms with Crippen molar-refractivity contribution in [1.29, 1.82) is 0 Å². The van der Waals surface area contributed by atoms with E-state index in [0.29, 0.717) is 43.5 Å². The SMILES string of the molecule is COc1cnn(-c2cc(N3CCOCC3)n3nc(-c4ccncc4)cc3n2)c(=O)c1Br. The van der Waals surface area contributed by atoms with Gasteiger partial charge >= 0.3 is 0 Å². The number of anilines is 1. The van der Waals surface area contributed by atoms with E-state index in [2.05, 4.69) is 35.9 Å². The van der Waals surface area contributed by atoms with E-state index >= 15 is 0 Å². The number of pyridine rings is 1. The van der Waals surface area contributed by atoms with Crippen LogP contribution in [0.5, 0.6) is 5.75 Å². The highest BCUT2D eigenvalue weighted by Crippen LogP contribution is 2.25. The van der Waals surface area contributed by atoms with Crippen molar-refractivity contribution in [3.05, 3.63) is 57.7 Å². The van der Waals surface area contributed by atoms with E-state index in [1.54, 1.807) is 16.9 Å². The summed E-state index contributed by atoms with van der Waals surface area (Å²) in [6.07, 6.45) is 4.92. The highest BCUT2D eigenvalue weighted by molar-refractivity contribution is 9.10. The zero-order valence-corrected chi connectivity index (χ0v) is 18.2. The first-order chi connectivity index (χ1) is 15.2. The number of morpholine rings is 1. The largest absolute Gasteiger partial charge is 0.494 e. The number of ether oxygens (including phenoxy) is 2. The summed E-state index contributed by atoms with van der Waals surface area (Å²) < 4.78 is 14.0. The van der Waals surface area contributed by atoms with Crippen molar-refractivity contribution in [3.63, 3.8) is 0 Å². The third kappa shape index (κ3) is 3.55. The number of nitrogens with zero attached hydrogens (tertiary/aromatic N) is 7. The average Bonchev–Trinajstić information content (AvgIpc) is 3.26. The van der Waals surface area contributed by atoms with Crippen LogP contribution in [-0.4, -0.2) is 62.8 Å². The molecule has 4 aromatic rings. The summed E-state index contributed by atoms with van der Waals surface area (Å²) in [5.74, 6) is 1.56. The van der Waals surface area contributed by atoms with E-state index in [0.717, 1.165) is 17.1 Å². The molecule has 0 N–H and O–H groups in total. The van der Waals surface area contributed by atoms with Crippen LogP contribution in [0.1, 0.15) is 0 Å². The van der Waals surface area contributed by atoms with Crippen LogP contribution in [0.4, 0.5) is 5.82 Å². The van der Waals surface area contributed by atoms with Gasteiger partial charge in [-0.1, -0.05) is 0 Å². The summed E-state index contributed by atoms with van der Waals surface area (Å²) in [7, 11) is 1.49. The molecule has 11 heteroatoms. The number of methoxy groups -OCH3 is 1. The Morgan fingerprint density at radius 3 is 2.68 bits per heavy atom. The zero-order valence-electron chi connectivity index (χ0n) is 16.6. The molecule has 10 nitrogen and oxygen atoms in total. The van der Waals surface area contributed by atoms with E-state index in [4.69, 9.17) is 14.6 Å². The Labute approximate surface area is 185 Å². The molecule has 0 spiro atoms. The van der Waals surface area contributed by atoms with Crippen molar-refractivity contribution in [2.45, 2.75) is 0 Å². The maximum absolute atomic E-state index is 12.9. The molecular formula is C20H18BrN7O3. The van der Waals surface area contributed by atoms with Crippen molar-refractivity contribution in [2.75, 3.05) is 38.3 Å². The van der Waals surface area contributed by atoms with Crippen LogP contribution in [0.3, 0.4) is 0 Å². The van der Waals surface area contributed by atoms with E-state index in [-0.39, 0.29) is 10.0 Å². The maximum atomic E-state index is 12.9. The van der Waals surface area contributed by atoms with Gasteiger partial charge in [-0.15, -0.1) is 0 Å². The van der Waals surface area contributed by atoms with Gasteiger partial charge in [0.05, 0.1) is 32.2 Å². The molecule has 1 fully saturated rings. The van der Waals surface area contributed by atoms with Gasteiger partial charge in [0.25, 0.3) is 5.56 Å². The topological polar surface area (TPSA) is 99.7 Å². The molecule has 1 aliphatic rings. The maximum Gasteiger partial charge on any atom is 0.291 e. The second-order valence-corrected chi connectivity index (χ2v) is 7.64. The van der Waals surface area contributed by atoms with Gasteiger partial charge in [0.2, 0.25) is 0 Å². The molecule has 0 radical (unpaired) electrons. The first-order valence-corrected chi connectivity index (χ1v) is 10.4. The van der Waals surface area contributed by atoms with Crippen LogP contribution in [-0.2, 0) is 4.74 Å². The van der Waals surface area contributed by atoms with Gasteiger partial charge in [-0.25, -0.2) is 4.98 Å². The molecule has 5 rings (SSSR count). The molecule has 0 bridgehead atoms. The molecule has 158 valence electrons. The Balaban J connectivity index is 1.71. The number of hydrogen-bond donors (Lipinski definition) is 0. The lowest BCUT2D eigenvalue weighted by Gasteiger charge is -2.29. The normalized spacial score (nSPS) is 14.2. The molecule has 0 aromatic carbocycles. The monoisotopic (exact) mass is 483 g/mol. The fourth-order valence-corrected chi connectivity index (χ4v) is 3.89. The van der Waals surface area contributed by atoms with Gasteiger partial charge in [-0.05, 0) is 28.1 Å². The van der Waals surface area contributed by atoms with E-state index in [9.17, 15) is 4.79 Å². The highest BCUT2D eigenvalue weighted by atomic mass is 79.9. The van der Waals surface area contributed by atoms with Crippen molar-refractivity contribution < 1.29 is 9.47 Å². The first kappa shape index (κ1) is 19.6. The lowest BCUT2D eigenvalue weighted by atomic mass is 10.2. The van der Waals surface area contributed by atoms with Gasteiger partial charge in [-0.2, -0.15) is 19.4 Å². The van der Waals surface area contributed by atoms with Gasteiger partial charge in [0.15, 0.2) is 17.2 Å². The number of hydrogen-bond acceptors (Lipinski definition) is 8. The zero-order chi connectivity index (χ0) is 21.4. The lowest BCUT2D eigenvalue weighted by molar-refractivity contribution is 0.122. The number of aromatic nitrogens is 6. The molecule has 0 aliphatic carbocycles. The van der Waals surface area contributed by atoms with Gasteiger partial charge < -0.3 is 14.4 Å². The summed E-state index contributed by atoms with van der Waals surface area (Å²) in [6, 6.07) is 7.48.